The van der Waals surface area contributed by atoms with Gasteiger partial charge in [0, 0.05) is 36.6 Å². The van der Waals surface area contributed by atoms with Crippen LogP contribution in [0.1, 0.15) is 17.7 Å². The van der Waals surface area contributed by atoms with Crippen molar-refractivity contribution >= 4 is 17.5 Å². The lowest BCUT2D eigenvalue weighted by molar-refractivity contribution is 0.315. The average molecular weight is 255 g/mol. The maximum absolute atomic E-state index is 5.81. The lowest BCUT2D eigenvalue weighted by atomic mass is 10.2. The van der Waals surface area contributed by atoms with Crippen LogP contribution in [0, 0.1) is 6.92 Å². The van der Waals surface area contributed by atoms with Crippen molar-refractivity contribution in [2.75, 3.05) is 32.1 Å². The second kappa shape index (κ2) is 5.19. The highest BCUT2D eigenvalue weighted by Gasteiger charge is 2.25. The van der Waals surface area contributed by atoms with Gasteiger partial charge in [-0.05, 0) is 27.4 Å². The van der Waals surface area contributed by atoms with Crippen LogP contribution in [-0.2, 0) is 5.88 Å². The van der Waals surface area contributed by atoms with Gasteiger partial charge >= 0.3 is 0 Å². The summed E-state index contributed by atoms with van der Waals surface area (Å²) in [5.41, 5.74) is 2.00. The number of aryl methyl sites for hydroxylation is 1. The SMILES string of the molecule is Cc1nc(N2CCC(N(C)C)C2)ncc1CCl. The maximum atomic E-state index is 5.81. The first kappa shape index (κ1) is 12.6. The van der Waals surface area contributed by atoms with E-state index in [4.69, 9.17) is 11.6 Å². The highest BCUT2D eigenvalue weighted by Crippen LogP contribution is 2.19. The Hall–Kier alpha value is -0.870. The van der Waals surface area contributed by atoms with E-state index < -0.39 is 0 Å². The fraction of sp³-hybridized carbons (Fsp3) is 0.667. The van der Waals surface area contributed by atoms with Crippen LogP contribution in [0.25, 0.3) is 0 Å². The molecule has 0 amide bonds. The fourth-order valence-corrected chi connectivity index (χ4v) is 2.37. The van der Waals surface area contributed by atoms with Gasteiger partial charge in [-0.2, -0.15) is 0 Å². The van der Waals surface area contributed by atoms with E-state index in [0.717, 1.165) is 30.3 Å². The third-order valence-electron chi connectivity index (χ3n) is 3.39. The molecule has 94 valence electrons. The molecule has 2 rings (SSSR count). The van der Waals surface area contributed by atoms with Crippen LogP contribution in [0.5, 0.6) is 0 Å². The molecule has 1 saturated heterocycles. The molecule has 1 aliphatic heterocycles. The van der Waals surface area contributed by atoms with Crippen LogP contribution in [0.4, 0.5) is 5.95 Å². The molecule has 4 nitrogen and oxygen atoms in total. The predicted molar refractivity (Wildman–Crippen MR) is 70.6 cm³/mol. The van der Waals surface area contributed by atoms with E-state index in [1.165, 1.54) is 6.42 Å². The van der Waals surface area contributed by atoms with Crippen molar-refractivity contribution in [2.24, 2.45) is 0 Å². The van der Waals surface area contributed by atoms with Crippen molar-refractivity contribution in [2.45, 2.75) is 25.3 Å². The fourth-order valence-electron chi connectivity index (χ4n) is 2.11. The van der Waals surface area contributed by atoms with Gasteiger partial charge in [-0.3, -0.25) is 0 Å². The Labute approximate surface area is 108 Å². The molecule has 0 saturated carbocycles. The van der Waals surface area contributed by atoms with Gasteiger partial charge in [0.25, 0.3) is 0 Å². The van der Waals surface area contributed by atoms with Gasteiger partial charge in [0.2, 0.25) is 5.95 Å². The third kappa shape index (κ3) is 2.69. The molecule has 0 radical (unpaired) electrons. The number of halogens is 1. The van der Waals surface area contributed by atoms with Crippen LogP contribution < -0.4 is 4.90 Å². The molecule has 1 aromatic rings. The largest absolute Gasteiger partial charge is 0.339 e. The first-order valence-corrected chi connectivity index (χ1v) is 6.45. The van der Waals surface area contributed by atoms with Crippen molar-refractivity contribution in [1.82, 2.24) is 14.9 Å². The average Bonchev–Trinajstić information content (AvgIpc) is 2.78. The number of hydrogen-bond acceptors (Lipinski definition) is 4. The number of likely N-dealkylation sites (N-methyl/N-ethyl adjacent to an activating group) is 1. The zero-order valence-electron chi connectivity index (χ0n) is 10.6. The number of alkyl halides is 1. The third-order valence-corrected chi connectivity index (χ3v) is 3.68. The van der Waals surface area contributed by atoms with Crippen LogP contribution in [0.3, 0.4) is 0 Å². The van der Waals surface area contributed by atoms with Crippen molar-refractivity contribution < 1.29 is 0 Å². The van der Waals surface area contributed by atoms with Gasteiger partial charge in [0.05, 0.1) is 5.88 Å². The van der Waals surface area contributed by atoms with Gasteiger partial charge in [-0.1, -0.05) is 0 Å². The minimum atomic E-state index is 0.479. The predicted octanol–water partition coefficient (Wildman–Crippen LogP) is 1.66. The minimum Gasteiger partial charge on any atom is -0.339 e. The summed E-state index contributed by atoms with van der Waals surface area (Å²) in [5.74, 6) is 1.31. The van der Waals surface area contributed by atoms with Crippen LogP contribution in [0.2, 0.25) is 0 Å². The minimum absolute atomic E-state index is 0.479. The summed E-state index contributed by atoms with van der Waals surface area (Å²) in [6.07, 6.45) is 3.01. The summed E-state index contributed by atoms with van der Waals surface area (Å²) in [6.45, 7) is 4.03. The molecular weight excluding hydrogens is 236 g/mol. The van der Waals surface area contributed by atoms with E-state index in [0.29, 0.717) is 11.9 Å². The molecule has 2 heterocycles. The normalized spacial score (nSPS) is 20.3. The second-order valence-corrected chi connectivity index (χ2v) is 5.03. The first-order chi connectivity index (χ1) is 8.11. The molecule has 0 aromatic carbocycles. The smallest absolute Gasteiger partial charge is 0.225 e. The van der Waals surface area contributed by atoms with Crippen molar-refractivity contribution in [3.8, 4) is 0 Å². The summed E-state index contributed by atoms with van der Waals surface area (Å²) >= 11 is 5.81. The quantitative estimate of drug-likeness (QED) is 0.768. The van der Waals surface area contributed by atoms with E-state index in [9.17, 15) is 0 Å². The molecular formula is C12H19ClN4. The van der Waals surface area contributed by atoms with Crippen molar-refractivity contribution in [1.29, 1.82) is 0 Å². The summed E-state index contributed by atoms with van der Waals surface area (Å²) in [5, 5.41) is 0. The Bertz CT molecular complexity index is 394. The number of aromatic nitrogens is 2. The highest BCUT2D eigenvalue weighted by molar-refractivity contribution is 6.17. The van der Waals surface area contributed by atoms with E-state index in [-0.39, 0.29) is 0 Å². The molecule has 0 bridgehead atoms. The summed E-state index contributed by atoms with van der Waals surface area (Å²) in [4.78, 5) is 13.4. The van der Waals surface area contributed by atoms with Gasteiger partial charge in [-0.15, -0.1) is 11.6 Å². The molecule has 0 N–H and O–H groups in total. The second-order valence-electron chi connectivity index (χ2n) is 4.77. The molecule has 1 fully saturated rings. The lowest BCUT2D eigenvalue weighted by Crippen LogP contribution is -2.32. The van der Waals surface area contributed by atoms with E-state index in [1.54, 1.807) is 0 Å². The molecule has 1 aliphatic rings. The van der Waals surface area contributed by atoms with Gasteiger partial charge in [0.15, 0.2) is 0 Å². The molecule has 17 heavy (non-hydrogen) atoms. The Kier molecular flexibility index (Phi) is 3.84. The van der Waals surface area contributed by atoms with E-state index >= 15 is 0 Å². The maximum Gasteiger partial charge on any atom is 0.225 e. The van der Waals surface area contributed by atoms with Gasteiger partial charge < -0.3 is 9.80 Å². The van der Waals surface area contributed by atoms with Crippen LogP contribution in [0.15, 0.2) is 6.20 Å². The standard InChI is InChI=1S/C12H19ClN4/c1-9-10(6-13)7-14-12(15-9)17-5-4-11(8-17)16(2)3/h7,11H,4-6,8H2,1-3H3. The number of hydrogen-bond donors (Lipinski definition) is 0. The first-order valence-electron chi connectivity index (χ1n) is 5.91. The molecule has 1 aromatic heterocycles. The molecule has 5 heteroatoms. The lowest BCUT2D eigenvalue weighted by Gasteiger charge is -2.20. The molecule has 0 aliphatic carbocycles. The van der Waals surface area contributed by atoms with Gasteiger partial charge in [-0.25, -0.2) is 9.97 Å². The summed E-state index contributed by atoms with van der Waals surface area (Å²) in [6, 6.07) is 0.603. The Morgan fingerprint density at radius 3 is 2.82 bits per heavy atom. The van der Waals surface area contributed by atoms with Crippen molar-refractivity contribution in [3.05, 3.63) is 17.5 Å². The summed E-state index contributed by atoms with van der Waals surface area (Å²) < 4.78 is 0. The van der Waals surface area contributed by atoms with E-state index in [2.05, 4.69) is 33.9 Å². The highest BCUT2D eigenvalue weighted by atomic mass is 35.5. The Balaban J connectivity index is 2.11. The van der Waals surface area contributed by atoms with Crippen molar-refractivity contribution in [3.63, 3.8) is 0 Å². The summed E-state index contributed by atoms with van der Waals surface area (Å²) in [7, 11) is 4.24. The Morgan fingerprint density at radius 1 is 1.53 bits per heavy atom. The Morgan fingerprint density at radius 2 is 2.29 bits per heavy atom. The van der Waals surface area contributed by atoms with Crippen LogP contribution in [-0.4, -0.2) is 48.1 Å². The monoisotopic (exact) mass is 254 g/mol. The van der Waals surface area contributed by atoms with Crippen LogP contribution >= 0.6 is 11.6 Å². The molecule has 1 unspecified atom stereocenters. The topological polar surface area (TPSA) is 32.3 Å². The number of rotatable bonds is 3. The molecule has 1 atom stereocenters. The van der Waals surface area contributed by atoms with E-state index in [1.807, 2.05) is 13.1 Å². The number of anilines is 1. The number of nitrogens with zero attached hydrogens (tertiary/aromatic N) is 4. The molecule has 0 spiro atoms. The zero-order chi connectivity index (χ0) is 12.4. The zero-order valence-corrected chi connectivity index (χ0v) is 11.4. The van der Waals surface area contributed by atoms with Gasteiger partial charge in [0.1, 0.15) is 0 Å².